The number of carbonyl (C=O) groups is 3. The Morgan fingerprint density at radius 3 is 2.37 bits per heavy atom. The van der Waals surface area contributed by atoms with Crippen molar-refractivity contribution in [2.45, 2.75) is 155 Å². The minimum absolute atomic E-state index is 0.0280. The zero-order valence-corrected chi connectivity index (χ0v) is 48.2. The number of aliphatic hydroxyl groups excluding tert-OH is 4. The number of rotatable bonds is 24. The van der Waals surface area contributed by atoms with E-state index in [1.165, 1.54) is 20.3 Å². The highest BCUT2D eigenvalue weighted by Crippen LogP contribution is 2.68. The molecule has 2 aromatic rings. The molecule has 26 nitrogen and oxygen atoms in total. The molecule has 2 aromatic heterocycles. The largest absolute Gasteiger partial charge is 0.481 e. The van der Waals surface area contributed by atoms with Crippen molar-refractivity contribution in [1.29, 1.82) is 0 Å². The predicted molar refractivity (Wildman–Crippen MR) is 282 cm³/mol. The van der Waals surface area contributed by atoms with Crippen LogP contribution in [-0.4, -0.2) is 145 Å². The zero-order valence-electron chi connectivity index (χ0n) is 44.7. The van der Waals surface area contributed by atoms with E-state index in [-0.39, 0.29) is 64.6 Å². The number of phosphoric ester groups is 3. The van der Waals surface area contributed by atoms with Crippen LogP contribution in [0.1, 0.15) is 118 Å². The molecule has 12 N–H and O–H groups in total. The summed E-state index contributed by atoms with van der Waals surface area (Å²) in [6.07, 6.45) is 4.28. The molecule has 78 heavy (non-hydrogen) atoms. The van der Waals surface area contributed by atoms with E-state index in [9.17, 15) is 68.1 Å². The summed E-state index contributed by atoms with van der Waals surface area (Å²) < 4.78 is 62.8. The second-order valence-electron chi connectivity index (χ2n) is 23.1. The highest BCUT2D eigenvalue weighted by Gasteiger charge is 2.63. The third-order valence-corrected chi connectivity index (χ3v) is 21.6. The number of nitrogens with zero attached hydrogens (tertiary/aromatic N) is 4. The summed E-state index contributed by atoms with van der Waals surface area (Å²) in [6, 6.07) is 0. The van der Waals surface area contributed by atoms with Crippen LogP contribution in [0.3, 0.4) is 0 Å². The lowest BCUT2D eigenvalue weighted by Crippen LogP contribution is -2.58. The van der Waals surface area contributed by atoms with Crippen LogP contribution in [0.4, 0.5) is 5.82 Å². The number of nitrogens with one attached hydrogen (secondary N) is 2. The number of phosphoric acid groups is 3. The second kappa shape index (κ2) is 25.0. The van der Waals surface area contributed by atoms with E-state index >= 15 is 0 Å². The normalized spacial score (nSPS) is 33.7. The van der Waals surface area contributed by atoms with Crippen molar-refractivity contribution in [2.24, 2.45) is 51.8 Å². The van der Waals surface area contributed by atoms with Gasteiger partial charge in [0.2, 0.25) is 16.9 Å². The quantitative estimate of drug-likeness (QED) is 0.0402. The number of aliphatic hydroxyl groups is 4. The van der Waals surface area contributed by atoms with E-state index in [0.29, 0.717) is 46.8 Å². The van der Waals surface area contributed by atoms with Crippen molar-refractivity contribution in [3.63, 3.8) is 0 Å². The molecule has 0 aromatic carbocycles. The van der Waals surface area contributed by atoms with Gasteiger partial charge in [0, 0.05) is 30.7 Å². The van der Waals surface area contributed by atoms with Crippen LogP contribution in [0.15, 0.2) is 24.3 Å². The fourth-order valence-corrected chi connectivity index (χ4v) is 16.9. The molecule has 0 radical (unpaired) electrons. The van der Waals surface area contributed by atoms with E-state index in [1.807, 2.05) is 6.08 Å². The molecule has 1 saturated heterocycles. The Morgan fingerprint density at radius 1 is 0.962 bits per heavy atom. The van der Waals surface area contributed by atoms with E-state index in [2.05, 4.69) is 55.2 Å². The van der Waals surface area contributed by atoms with Crippen molar-refractivity contribution in [3.05, 3.63) is 24.3 Å². The number of allylic oxidation sites excluding steroid dienone is 1. The molecule has 440 valence electrons. The zero-order chi connectivity index (χ0) is 57.3. The molecule has 2 unspecified atom stereocenters. The van der Waals surface area contributed by atoms with Crippen LogP contribution in [-0.2, 0) is 50.7 Å². The summed E-state index contributed by atoms with van der Waals surface area (Å²) in [5.74, 6) is 1.56. The smallest absolute Gasteiger partial charge is 0.393 e. The monoisotopic (exact) mass is 1180 g/mol. The van der Waals surface area contributed by atoms with E-state index in [1.54, 1.807) is 6.92 Å². The molecule has 4 aliphatic carbocycles. The Balaban J connectivity index is 0.775. The fourth-order valence-electron chi connectivity index (χ4n) is 13.4. The molecule has 5 fully saturated rings. The predicted octanol–water partition coefficient (Wildman–Crippen LogP) is 4.02. The third-order valence-electron chi connectivity index (χ3n) is 17.5. The molecule has 7 rings (SSSR count). The van der Waals surface area contributed by atoms with Crippen LogP contribution in [0, 0.1) is 51.8 Å². The van der Waals surface area contributed by atoms with Gasteiger partial charge in [-0.15, -0.1) is 0 Å². The molecule has 5 aliphatic rings. The Labute approximate surface area is 457 Å². The molecule has 0 bridgehead atoms. The molecule has 0 spiro atoms. The van der Waals surface area contributed by atoms with Gasteiger partial charge in [-0.25, -0.2) is 28.6 Å². The molecular weight excluding hydrogens is 1100 g/mol. The molecule has 30 heteroatoms. The first kappa shape index (κ1) is 62.8. The summed E-state index contributed by atoms with van der Waals surface area (Å²) >= 11 is 1.09. The van der Waals surface area contributed by atoms with Gasteiger partial charge in [0.15, 0.2) is 17.7 Å². The number of anilines is 1. The van der Waals surface area contributed by atoms with Gasteiger partial charge < -0.3 is 61.1 Å². The summed E-state index contributed by atoms with van der Waals surface area (Å²) in [5, 5.41) is 48.7. The van der Waals surface area contributed by atoms with Crippen molar-refractivity contribution < 1.29 is 90.7 Å². The number of nitrogens with two attached hydrogens (primary N) is 1. The number of ether oxygens (including phenoxy) is 1. The summed E-state index contributed by atoms with van der Waals surface area (Å²) in [5.41, 5.74) is 5.28. The molecule has 2 amide bonds. The minimum atomic E-state index is -5.60. The maximum atomic E-state index is 13.0. The Morgan fingerprint density at radius 2 is 1.65 bits per heavy atom. The van der Waals surface area contributed by atoms with E-state index < -0.39 is 84.6 Å². The highest BCUT2D eigenvalue weighted by atomic mass is 32.2. The number of aromatic nitrogens is 4. The number of imidazole rings is 1. The summed E-state index contributed by atoms with van der Waals surface area (Å²) in [6.45, 7) is 9.48. The van der Waals surface area contributed by atoms with Gasteiger partial charge in [-0.1, -0.05) is 52.5 Å². The van der Waals surface area contributed by atoms with Crippen LogP contribution >= 0.6 is 35.2 Å². The Kier molecular flexibility index (Phi) is 20.1. The minimum Gasteiger partial charge on any atom is -0.393 e. The average molecular weight is 1180 g/mol. The van der Waals surface area contributed by atoms with Crippen LogP contribution in [0.2, 0.25) is 0 Å². The lowest BCUT2D eigenvalue weighted by Gasteiger charge is -2.62. The van der Waals surface area contributed by atoms with Gasteiger partial charge in [0.25, 0.3) is 0 Å². The fraction of sp³-hybridized carbons (Fsp3) is 0.792. The standard InChI is InChI=1S/C48H78N7O19P3S/c1-26(30-10-11-31-36-32(13-16-48(30,31)6)47(5)15-12-29(56)20-28(47)21-33(36)57)8-7-9-27(2)45(62)78-19-18-50-35(58)14-17-51-43(61)40(60)46(3,4)23-71-77(68,69)74-76(66,67)70-22-34-39(73-75(63,64)65)38(59)44(72-34)55-25-54-37-41(49)52-24-53-42(37)55/h9,24-26,28-34,36,38-40,44,56-57,59-60H,7-8,10-23H2,1-6H3,(H,50,58)(H,51,61)(H,66,67)(H,68,69)(H2,49,52,53)(H2,63,64,65)/b27-9-/t26-,28+,29-,30-,31+,32+,33-,34-,36+,38-,39-,40+,44-,47+,48-/m1/s1. The van der Waals surface area contributed by atoms with Gasteiger partial charge >= 0.3 is 23.5 Å². The Hall–Kier alpha value is -2.78. The van der Waals surface area contributed by atoms with Gasteiger partial charge in [-0.3, -0.25) is 32.5 Å². The first-order chi connectivity index (χ1) is 36.4. The summed E-state index contributed by atoms with van der Waals surface area (Å²) in [4.78, 5) is 89.8. The van der Waals surface area contributed by atoms with E-state index in [0.717, 1.165) is 86.8 Å². The van der Waals surface area contributed by atoms with Crippen molar-refractivity contribution in [1.82, 2.24) is 30.2 Å². The number of nitrogen functional groups attached to an aromatic ring is 1. The maximum absolute atomic E-state index is 13.0. The number of thioether (sulfide) groups is 1. The second-order valence-corrected chi connectivity index (χ2v) is 28.4. The number of amides is 2. The number of hydrogen-bond acceptors (Lipinski definition) is 20. The first-order valence-electron chi connectivity index (χ1n) is 26.5. The van der Waals surface area contributed by atoms with Gasteiger partial charge in [-0.05, 0) is 123 Å². The lowest BCUT2D eigenvalue weighted by atomic mass is 9.43. The molecule has 17 atom stereocenters. The van der Waals surface area contributed by atoms with Gasteiger partial charge in [0.05, 0.1) is 31.7 Å². The Bertz CT molecular complexity index is 2660. The van der Waals surface area contributed by atoms with Crippen molar-refractivity contribution in [3.8, 4) is 0 Å². The maximum Gasteiger partial charge on any atom is 0.481 e. The van der Waals surface area contributed by atoms with Gasteiger partial charge in [0.1, 0.15) is 36.3 Å². The van der Waals surface area contributed by atoms with E-state index in [4.69, 9.17) is 19.5 Å². The number of hydrogen-bond donors (Lipinski definition) is 11. The SMILES string of the molecule is C/C(=C/CC[C@@H](C)[C@H]1CC[C@H]2[C@@H]3[C@H](O)C[C@@H]4C[C@H](O)CC[C@]4(C)[C@H]3CC[C@]12C)C(=O)SCCNC(=O)CCNC(=O)[C@H](O)C(C)(C)COP(=O)(O)OP(=O)(O)OC[C@H]1O[C@@H](n2cnc3c(N)ncnc32)[C@H](O)[C@@H]1OP(=O)(O)O. The molecule has 3 heterocycles. The molecular formula is C48H78N7O19P3S. The molecule has 4 saturated carbocycles. The first-order valence-corrected chi connectivity index (χ1v) is 32.0. The van der Waals surface area contributed by atoms with Gasteiger partial charge in [-0.2, -0.15) is 4.31 Å². The average Bonchev–Trinajstić information content (AvgIpc) is 4.21. The van der Waals surface area contributed by atoms with Crippen molar-refractivity contribution in [2.75, 3.05) is 37.8 Å². The number of fused-ring (bicyclic) bond motifs is 6. The van der Waals surface area contributed by atoms with Crippen LogP contribution in [0.5, 0.6) is 0 Å². The lowest BCUT2D eigenvalue weighted by molar-refractivity contribution is -0.174. The number of carbonyl (C=O) groups excluding carboxylic acids is 3. The molecule has 1 aliphatic heterocycles. The highest BCUT2D eigenvalue weighted by molar-refractivity contribution is 8.14. The van der Waals surface area contributed by atoms with Crippen LogP contribution < -0.4 is 16.4 Å². The topological polar surface area (TPSA) is 404 Å². The van der Waals surface area contributed by atoms with Crippen molar-refractivity contribution >= 4 is 69.1 Å². The summed E-state index contributed by atoms with van der Waals surface area (Å²) in [7, 11) is -16.5. The third kappa shape index (κ3) is 14.5. The van der Waals surface area contributed by atoms with Crippen LogP contribution in [0.25, 0.3) is 11.2 Å².